The van der Waals surface area contributed by atoms with Gasteiger partial charge in [0.15, 0.2) is 0 Å². The molecule has 2 aromatic carbocycles. The van der Waals surface area contributed by atoms with Crippen LogP contribution in [0.3, 0.4) is 0 Å². The third kappa shape index (κ3) is 3.87. The Morgan fingerprint density at radius 1 is 1.00 bits per heavy atom. The lowest BCUT2D eigenvalue weighted by atomic mass is 10.1. The molecule has 29 heavy (non-hydrogen) atoms. The molecule has 0 unspecified atom stereocenters. The first-order valence-corrected chi connectivity index (χ1v) is 10.7. The van der Waals surface area contributed by atoms with E-state index in [2.05, 4.69) is 10.0 Å². The standard InChI is InChI=1S/C22H20N2O4S/c1-14(2)24-29(26,27)17-10-7-15(8-11-17)21-12-9-16(28-21)13-19-18-5-3-4-6-20(18)23-22(19)25/h3-14,24H,1-2H3,(H,23,25)/b19-13-. The van der Waals surface area contributed by atoms with Crippen LogP contribution in [0, 0.1) is 0 Å². The minimum Gasteiger partial charge on any atom is -0.457 e. The molecule has 0 saturated heterocycles. The van der Waals surface area contributed by atoms with Crippen molar-refractivity contribution in [2.45, 2.75) is 24.8 Å². The maximum absolute atomic E-state index is 12.2. The van der Waals surface area contributed by atoms with Crippen molar-refractivity contribution in [3.05, 3.63) is 72.0 Å². The number of anilines is 1. The van der Waals surface area contributed by atoms with Crippen LogP contribution in [-0.2, 0) is 14.8 Å². The Bertz CT molecular complexity index is 1210. The Morgan fingerprint density at radius 3 is 2.45 bits per heavy atom. The fraction of sp³-hybridized carbons (Fsp3) is 0.136. The lowest BCUT2D eigenvalue weighted by molar-refractivity contribution is -0.110. The van der Waals surface area contributed by atoms with Gasteiger partial charge in [0.2, 0.25) is 10.0 Å². The monoisotopic (exact) mass is 408 g/mol. The molecule has 0 aliphatic carbocycles. The van der Waals surface area contributed by atoms with Crippen LogP contribution in [0.5, 0.6) is 0 Å². The van der Waals surface area contributed by atoms with E-state index in [1.54, 1.807) is 56.3 Å². The summed E-state index contributed by atoms with van der Waals surface area (Å²) >= 11 is 0. The highest BCUT2D eigenvalue weighted by atomic mass is 32.2. The first-order chi connectivity index (χ1) is 13.8. The Labute approximate surface area is 169 Å². The Kier molecular flexibility index (Phi) is 4.86. The van der Waals surface area contributed by atoms with E-state index in [4.69, 9.17) is 4.42 Å². The molecule has 1 amide bonds. The fourth-order valence-electron chi connectivity index (χ4n) is 3.19. The molecule has 0 atom stereocenters. The van der Waals surface area contributed by atoms with E-state index in [9.17, 15) is 13.2 Å². The zero-order valence-corrected chi connectivity index (χ0v) is 16.8. The average molecular weight is 408 g/mol. The molecule has 0 fully saturated rings. The van der Waals surface area contributed by atoms with Gasteiger partial charge in [0.1, 0.15) is 11.5 Å². The normalized spacial score (nSPS) is 15.0. The molecule has 0 bridgehead atoms. The van der Waals surface area contributed by atoms with E-state index in [1.165, 1.54) is 0 Å². The molecule has 2 N–H and O–H groups in total. The third-order valence-corrected chi connectivity index (χ3v) is 6.14. The van der Waals surface area contributed by atoms with Gasteiger partial charge in [0.05, 0.1) is 10.5 Å². The van der Waals surface area contributed by atoms with E-state index in [0.717, 1.165) is 16.8 Å². The molecule has 148 valence electrons. The van der Waals surface area contributed by atoms with E-state index in [0.29, 0.717) is 17.1 Å². The highest BCUT2D eigenvalue weighted by Gasteiger charge is 2.24. The number of rotatable bonds is 5. The smallest absolute Gasteiger partial charge is 0.256 e. The summed E-state index contributed by atoms with van der Waals surface area (Å²) in [6.45, 7) is 3.54. The van der Waals surface area contributed by atoms with Crippen LogP contribution in [0.2, 0.25) is 0 Å². The Balaban J connectivity index is 1.60. The van der Waals surface area contributed by atoms with Crippen LogP contribution in [0.4, 0.5) is 5.69 Å². The average Bonchev–Trinajstić information content (AvgIpc) is 3.26. The number of benzene rings is 2. The molecule has 3 aromatic rings. The fourth-order valence-corrected chi connectivity index (χ4v) is 4.44. The number of para-hydroxylation sites is 1. The molecule has 6 nitrogen and oxygen atoms in total. The van der Waals surface area contributed by atoms with Crippen LogP contribution in [0.1, 0.15) is 25.2 Å². The Hall–Kier alpha value is -3.16. The molecule has 0 radical (unpaired) electrons. The van der Waals surface area contributed by atoms with Gasteiger partial charge in [-0.3, -0.25) is 4.79 Å². The molecule has 2 heterocycles. The number of furan rings is 1. The predicted octanol–water partition coefficient (Wildman–Crippen LogP) is 4.13. The summed E-state index contributed by atoms with van der Waals surface area (Å²) in [7, 11) is -3.54. The molecule has 0 saturated carbocycles. The van der Waals surface area contributed by atoms with Crippen molar-refractivity contribution in [3.8, 4) is 11.3 Å². The lowest BCUT2D eigenvalue weighted by Crippen LogP contribution is -2.30. The quantitative estimate of drug-likeness (QED) is 0.622. The summed E-state index contributed by atoms with van der Waals surface area (Å²) in [5.41, 5.74) is 2.90. The van der Waals surface area contributed by atoms with Crippen LogP contribution < -0.4 is 10.0 Å². The summed E-state index contributed by atoms with van der Waals surface area (Å²) in [5.74, 6) is 0.959. The van der Waals surface area contributed by atoms with E-state index < -0.39 is 10.0 Å². The van der Waals surface area contributed by atoms with E-state index in [1.807, 2.05) is 24.3 Å². The zero-order chi connectivity index (χ0) is 20.6. The van der Waals surface area contributed by atoms with Gasteiger partial charge in [0.25, 0.3) is 5.91 Å². The maximum atomic E-state index is 12.2. The number of hydrogen-bond donors (Lipinski definition) is 2. The minimum atomic E-state index is -3.54. The van der Waals surface area contributed by atoms with Crippen molar-refractivity contribution in [1.82, 2.24) is 4.72 Å². The van der Waals surface area contributed by atoms with Gasteiger partial charge < -0.3 is 9.73 Å². The predicted molar refractivity (Wildman–Crippen MR) is 113 cm³/mol. The second kappa shape index (κ2) is 7.35. The van der Waals surface area contributed by atoms with Gasteiger partial charge in [-0.15, -0.1) is 0 Å². The van der Waals surface area contributed by atoms with Crippen molar-refractivity contribution in [1.29, 1.82) is 0 Å². The van der Waals surface area contributed by atoms with Gasteiger partial charge in [-0.05, 0) is 62.4 Å². The van der Waals surface area contributed by atoms with Crippen LogP contribution in [-0.4, -0.2) is 20.4 Å². The van der Waals surface area contributed by atoms with Crippen LogP contribution >= 0.6 is 0 Å². The zero-order valence-electron chi connectivity index (χ0n) is 16.0. The number of fused-ring (bicyclic) bond motifs is 1. The summed E-state index contributed by atoms with van der Waals surface area (Å²) in [4.78, 5) is 12.4. The van der Waals surface area contributed by atoms with E-state index in [-0.39, 0.29) is 16.8 Å². The van der Waals surface area contributed by atoms with Crippen molar-refractivity contribution in [2.24, 2.45) is 0 Å². The SMILES string of the molecule is CC(C)NS(=O)(=O)c1ccc(-c2ccc(/C=C3\C(=O)Nc4ccccc43)o2)cc1. The largest absolute Gasteiger partial charge is 0.457 e. The van der Waals surface area contributed by atoms with Gasteiger partial charge in [-0.25, -0.2) is 13.1 Å². The van der Waals surface area contributed by atoms with Crippen molar-refractivity contribution < 1.29 is 17.6 Å². The summed E-state index contributed by atoms with van der Waals surface area (Å²) in [6.07, 6.45) is 1.70. The molecule has 4 rings (SSSR count). The Morgan fingerprint density at radius 2 is 1.72 bits per heavy atom. The topological polar surface area (TPSA) is 88.4 Å². The highest BCUT2D eigenvalue weighted by molar-refractivity contribution is 7.89. The highest BCUT2D eigenvalue weighted by Crippen LogP contribution is 2.33. The van der Waals surface area contributed by atoms with Gasteiger partial charge in [0, 0.05) is 22.9 Å². The molecule has 1 aliphatic rings. The number of sulfonamides is 1. The minimum absolute atomic E-state index is 0.170. The lowest BCUT2D eigenvalue weighted by Gasteiger charge is -2.09. The van der Waals surface area contributed by atoms with Crippen LogP contribution in [0.25, 0.3) is 23.0 Å². The van der Waals surface area contributed by atoms with Crippen molar-refractivity contribution >= 4 is 33.3 Å². The molecule has 0 spiro atoms. The van der Waals surface area contributed by atoms with E-state index >= 15 is 0 Å². The van der Waals surface area contributed by atoms with Gasteiger partial charge >= 0.3 is 0 Å². The number of carbonyl (C=O) groups excluding carboxylic acids is 1. The molecular formula is C22H20N2O4S. The molecule has 1 aromatic heterocycles. The molecule has 1 aliphatic heterocycles. The first kappa shape index (κ1) is 19.2. The second-order valence-corrected chi connectivity index (χ2v) is 8.77. The third-order valence-electron chi connectivity index (χ3n) is 4.46. The second-order valence-electron chi connectivity index (χ2n) is 7.06. The summed E-state index contributed by atoms with van der Waals surface area (Å²) in [5, 5.41) is 2.83. The number of amides is 1. The van der Waals surface area contributed by atoms with Gasteiger partial charge in [-0.2, -0.15) is 0 Å². The molecule has 7 heteroatoms. The van der Waals surface area contributed by atoms with Crippen molar-refractivity contribution in [3.63, 3.8) is 0 Å². The maximum Gasteiger partial charge on any atom is 0.256 e. The summed E-state index contributed by atoms with van der Waals surface area (Å²) in [6, 6.07) is 17.4. The number of hydrogen-bond acceptors (Lipinski definition) is 4. The van der Waals surface area contributed by atoms with Gasteiger partial charge in [-0.1, -0.05) is 18.2 Å². The number of nitrogens with one attached hydrogen (secondary N) is 2. The first-order valence-electron chi connectivity index (χ1n) is 9.18. The summed E-state index contributed by atoms with van der Waals surface area (Å²) < 4.78 is 32.9. The van der Waals surface area contributed by atoms with Crippen LogP contribution in [0.15, 0.2) is 70.0 Å². The molecular weight excluding hydrogens is 388 g/mol. The number of carbonyl (C=O) groups is 1. The van der Waals surface area contributed by atoms with Crippen molar-refractivity contribution in [2.75, 3.05) is 5.32 Å².